The first kappa shape index (κ1) is 14.1. The minimum atomic E-state index is 0.705. The molecule has 0 aliphatic heterocycles. The van der Waals surface area contributed by atoms with E-state index in [1.165, 1.54) is 0 Å². The van der Waals surface area contributed by atoms with Crippen molar-refractivity contribution < 1.29 is 0 Å². The lowest BCUT2D eigenvalue weighted by atomic mass is 9.99. The molecule has 2 aromatic carbocycles. The molecule has 0 aromatic heterocycles. The highest BCUT2D eigenvalue weighted by Crippen LogP contribution is 2.27. The highest BCUT2D eigenvalue weighted by molar-refractivity contribution is 9.10. The number of halogens is 2. The molecule has 19 heavy (non-hydrogen) atoms. The minimum Gasteiger partial charge on any atom is -0.192 e. The van der Waals surface area contributed by atoms with E-state index >= 15 is 0 Å². The Balaban J connectivity index is 2.42. The number of nitriles is 1. The van der Waals surface area contributed by atoms with E-state index in [-0.39, 0.29) is 0 Å². The Morgan fingerprint density at radius 3 is 2.58 bits per heavy atom. The van der Waals surface area contributed by atoms with Gasteiger partial charge in [0, 0.05) is 9.50 Å². The Labute approximate surface area is 127 Å². The number of hydrogen-bond donors (Lipinski definition) is 0. The lowest BCUT2D eigenvalue weighted by Gasteiger charge is -2.09. The fraction of sp³-hybridized carbons (Fsp3) is 0.188. The standard InChI is InChI=1S/C16H13BrClN/c1-10-5-12(8-14(18)6-10)7-13-4-3-11(2)15(9-19)16(13)17/h3-6,8H,7H2,1-2H3. The summed E-state index contributed by atoms with van der Waals surface area (Å²) in [6.45, 7) is 3.97. The minimum absolute atomic E-state index is 0.705. The Bertz CT molecular complexity index is 651. The van der Waals surface area contributed by atoms with Crippen LogP contribution in [0.15, 0.2) is 34.8 Å². The summed E-state index contributed by atoms with van der Waals surface area (Å²) in [6, 6.07) is 12.3. The van der Waals surface area contributed by atoms with Gasteiger partial charge in [0.05, 0.1) is 5.56 Å². The molecule has 96 valence electrons. The van der Waals surface area contributed by atoms with Crippen molar-refractivity contribution in [1.29, 1.82) is 5.26 Å². The van der Waals surface area contributed by atoms with Gasteiger partial charge >= 0.3 is 0 Å². The second-order valence-electron chi connectivity index (χ2n) is 4.66. The molecule has 2 aromatic rings. The topological polar surface area (TPSA) is 23.8 Å². The van der Waals surface area contributed by atoms with Crippen LogP contribution < -0.4 is 0 Å². The first-order valence-electron chi connectivity index (χ1n) is 5.95. The van der Waals surface area contributed by atoms with Crippen molar-refractivity contribution in [3.05, 3.63) is 67.6 Å². The van der Waals surface area contributed by atoms with Crippen molar-refractivity contribution in [2.24, 2.45) is 0 Å². The van der Waals surface area contributed by atoms with Crippen LogP contribution in [0.2, 0.25) is 5.02 Å². The molecule has 2 rings (SSSR count). The molecule has 0 fully saturated rings. The van der Waals surface area contributed by atoms with Crippen LogP contribution >= 0.6 is 27.5 Å². The molecule has 0 aliphatic carbocycles. The molecule has 0 bridgehead atoms. The van der Waals surface area contributed by atoms with Gasteiger partial charge in [0.1, 0.15) is 6.07 Å². The van der Waals surface area contributed by atoms with Crippen molar-refractivity contribution in [2.75, 3.05) is 0 Å². The molecule has 0 aliphatic rings. The number of nitrogens with zero attached hydrogens (tertiary/aromatic N) is 1. The third-order valence-electron chi connectivity index (χ3n) is 3.04. The molecule has 0 N–H and O–H groups in total. The summed E-state index contributed by atoms with van der Waals surface area (Å²) in [4.78, 5) is 0. The van der Waals surface area contributed by atoms with Crippen LogP contribution in [-0.4, -0.2) is 0 Å². The Kier molecular flexibility index (Phi) is 4.29. The maximum absolute atomic E-state index is 9.18. The first-order valence-corrected chi connectivity index (χ1v) is 7.12. The first-order chi connectivity index (χ1) is 9.01. The average molecular weight is 335 g/mol. The third kappa shape index (κ3) is 3.18. The summed E-state index contributed by atoms with van der Waals surface area (Å²) in [5, 5.41) is 9.93. The predicted octanol–water partition coefficient (Wildman–Crippen LogP) is 5.18. The maximum atomic E-state index is 9.18. The largest absolute Gasteiger partial charge is 0.192 e. The molecular formula is C16H13BrClN. The van der Waals surface area contributed by atoms with E-state index in [0.29, 0.717) is 5.56 Å². The van der Waals surface area contributed by atoms with Gasteiger partial charge in [-0.1, -0.05) is 29.8 Å². The number of rotatable bonds is 2. The summed E-state index contributed by atoms with van der Waals surface area (Å²) in [6.07, 6.45) is 0.761. The van der Waals surface area contributed by atoms with Gasteiger partial charge in [-0.25, -0.2) is 0 Å². The molecular weight excluding hydrogens is 322 g/mol. The van der Waals surface area contributed by atoms with Crippen LogP contribution in [-0.2, 0) is 6.42 Å². The van der Waals surface area contributed by atoms with Gasteiger partial charge in [0.15, 0.2) is 0 Å². The second-order valence-corrected chi connectivity index (χ2v) is 5.89. The van der Waals surface area contributed by atoms with E-state index in [2.05, 4.69) is 34.1 Å². The molecule has 0 amide bonds. The van der Waals surface area contributed by atoms with E-state index in [4.69, 9.17) is 11.6 Å². The molecule has 0 saturated carbocycles. The zero-order chi connectivity index (χ0) is 14.0. The second kappa shape index (κ2) is 5.77. The van der Waals surface area contributed by atoms with Crippen molar-refractivity contribution >= 4 is 27.5 Å². The predicted molar refractivity (Wildman–Crippen MR) is 82.6 cm³/mol. The average Bonchev–Trinajstić information content (AvgIpc) is 2.32. The van der Waals surface area contributed by atoms with Crippen molar-refractivity contribution in [3.8, 4) is 6.07 Å². The van der Waals surface area contributed by atoms with Crippen LogP contribution in [0.1, 0.15) is 27.8 Å². The molecule has 0 atom stereocenters. The van der Waals surface area contributed by atoms with E-state index in [0.717, 1.165) is 38.2 Å². The Hall–Kier alpha value is -1.30. The van der Waals surface area contributed by atoms with Crippen molar-refractivity contribution in [3.63, 3.8) is 0 Å². The van der Waals surface area contributed by atoms with Gasteiger partial charge in [-0.05, 0) is 70.6 Å². The van der Waals surface area contributed by atoms with Gasteiger partial charge in [0.2, 0.25) is 0 Å². The fourth-order valence-corrected chi connectivity index (χ4v) is 3.11. The smallest absolute Gasteiger partial charge is 0.101 e. The normalized spacial score (nSPS) is 10.3. The van der Waals surface area contributed by atoms with Crippen LogP contribution in [0.5, 0.6) is 0 Å². The summed E-state index contributed by atoms with van der Waals surface area (Å²) in [5.41, 5.74) is 5.09. The zero-order valence-corrected chi connectivity index (χ0v) is 13.1. The van der Waals surface area contributed by atoms with E-state index in [1.807, 2.05) is 32.0 Å². The molecule has 1 nitrogen and oxygen atoms in total. The molecule has 0 spiro atoms. The SMILES string of the molecule is Cc1cc(Cl)cc(Cc2ccc(C)c(C#N)c2Br)c1. The number of hydrogen-bond acceptors (Lipinski definition) is 1. The zero-order valence-electron chi connectivity index (χ0n) is 10.8. The quantitative estimate of drug-likeness (QED) is 0.742. The maximum Gasteiger partial charge on any atom is 0.101 e. The molecule has 0 radical (unpaired) electrons. The third-order valence-corrected chi connectivity index (χ3v) is 4.16. The van der Waals surface area contributed by atoms with Crippen molar-refractivity contribution in [1.82, 2.24) is 0 Å². The van der Waals surface area contributed by atoms with E-state index in [1.54, 1.807) is 0 Å². The fourth-order valence-electron chi connectivity index (χ4n) is 2.12. The summed E-state index contributed by atoms with van der Waals surface area (Å²) in [5.74, 6) is 0. The molecule has 0 saturated heterocycles. The summed E-state index contributed by atoms with van der Waals surface area (Å²) in [7, 11) is 0. The van der Waals surface area contributed by atoms with E-state index in [9.17, 15) is 5.26 Å². The van der Waals surface area contributed by atoms with Crippen LogP contribution in [0.4, 0.5) is 0 Å². The van der Waals surface area contributed by atoms with Crippen LogP contribution in [0.25, 0.3) is 0 Å². The number of aryl methyl sites for hydroxylation is 2. The summed E-state index contributed by atoms with van der Waals surface area (Å²) >= 11 is 9.61. The van der Waals surface area contributed by atoms with Crippen molar-refractivity contribution in [2.45, 2.75) is 20.3 Å². The van der Waals surface area contributed by atoms with Crippen LogP contribution in [0.3, 0.4) is 0 Å². The van der Waals surface area contributed by atoms with Gasteiger partial charge in [-0.15, -0.1) is 0 Å². The summed E-state index contributed by atoms with van der Waals surface area (Å²) < 4.78 is 0.882. The highest BCUT2D eigenvalue weighted by atomic mass is 79.9. The molecule has 0 heterocycles. The number of benzene rings is 2. The molecule has 0 unspecified atom stereocenters. The van der Waals surface area contributed by atoms with E-state index < -0.39 is 0 Å². The Morgan fingerprint density at radius 2 is 1.95 bits per heavy atom. The van der Waals surface area contributed by atoms with Crippen LogP contribution in [0, 0.1) is 25.2 Å². The van der Waals surface area contributed by atoms with Gasteiger partial charge in [0.25, 0.3) is 0 Å². The Morgan fingerprint density at radius 1 is 1.21 bits per heavy atom. The molecule has 3 heteroatoms. The lowest BCUT2D eigenvalue weighted by Crippen LogP contribution is -1.95. The van der Waals surface area contributed by atoms with Gasteiger partial charge < -0.3 is 0 Å². The van der Waals surface area contributed by atoms with Gasteiger partial charge in [-0.2, -0.15) is 5.26 Å². The monoisotopic (exact) mass is 333 g/mol. The lowest BCUT2D eigenvalue weighted by molar-refractivity contribution is 1.15. The highest BCUT2D eigenvalue weighted by Gasteiger charge is 2.09. The van der Waals surface area contributed by atoms with Gasteiger partial charge in [-0.3, -0.25) is 0 Å².